The van der Waals surface area contributed by atoms with Gasteiger partial charge in [-0.1, -0.05) is 0 Å². The molecule has 0 saturated heterocycles. The number of rotatable bonds is 3. The van der Waals surface area contributed by atoms with Gasteiger partial charge in [-0.25, -0.2) is 0 Å². The molecule has 1 aromatic rings. The molecule has 0 aromatic carbocycles. The third-order valence-electron chi connectivity index (χ3n) is 1.61. The maximum atomic E-state index is 11.3. The second-order valence-electron chi connectivity index (χ2n) is 2.65. The minimum atomic E-state index is -0.571. The number of nitrogens with zero attached hydrogens (tertiary/aromatic N) is 1. The van der Waals surface area contributed by atoms with E-state index in [0.29, 0.717) is 6.54 Å². The lowest BCUT2D eigenvalue weighted by Gasteiger charge is -2.01. The summed E-state index contributed by atoms with van der Waals surface area (Å²) in [4.78, 5) is 25.9. The van der Waals surface area contributed by atoms with Crippen LogP contribution in [0.1, 0.15) is 27.8 Å². The highest BCUT2D eigenvalue weighted by molar-refractivity contribution is 5.97. The lowest BCUT2D eigenvalue weighted by Crippen LogP contribution is -2.24. The maximum absolute atomic E-state index is 11.3. The van der Waals surface area contributed by atoms with Crippen LogP contribution >= 0.6 is 0 Å². The highest BCUT2D eigenvalue weighted by atomic mass is 16.2. The van der Waals surface area contributed by atoms with E-state index < -0.39 is 5.91 Å². The molecule has 5 heteroatoms. The summed E-state index contributed by atoms with van der Waals surface area (Å²) in [5.41, 5.74) is 5.53. The number of carbonyl (C=O) groups is 2. The van der Waals surface area contributed by atoms with Gasteiger partial charge in [-0.3, -0.25) is 14.6 Å². The SMILES string of the molecule is CCNC(=O)c1cc(C(N)=O)ccn1. The number of primary amides is 1. The van der Waals surface area contributed by atoms with Crippen molar-refractivity contribution in [2.75, 3.05) is 6.54 Å². The molecule has 0 radical (unpaired) electrons. The van der Waals surface area contributed by atoms with Crippen LogP contribution in [-0.4, -0.2) is 23.3 Å². The third kappa shape index (κ3) is 2.29. The molecule has 1 heterocycles. The highest BCUT2D eigenvalue weighted by Crippen LogP contribution is 2.00. The van der Waals surface area contributed by atoms with E-state index in [4.69, 9.17) is 5.73 Å². The lowest BCUT2D eigenvalue weighted by atomic mass is 10.2. The van der Waals surface area contributed by atoms with Crippen LogP contribution < -0.4 is 11.1 Å². The number of hydrogen-bond donors (Lipinski definition) is 2. The number of pyridine rings is 1. The number of amides is 2. The van der Waals surface area contributed by atoms with Gasteiger partial charge in [0.15, 0.2) is 0 Å². The molecule has 0 unspecified atom stereocenters. The Labute approximate surface area is 81.3 Å². The van der Waals surface area contributed by atoms with E-state index in [1.54, 1.807) is 6.92 Å². The van der Waals surface area contributed by atoms with Gasteiger partial charge >= 0.3 is 0 Å². The van der Waals surface area contributed by atoms with Crippen molar-refractivity contribution in [3.05, 3.63) is 29.6 Å². The van der Waals surface area contributed by atoms with E-state index in [2.05, 4.69) is 10.3 Å². The summed E-state index contributed by atoms with van der Waals surface area (Å²) in [6.45, 7) is 2.32. The van der Waals surface area contributed by atoms with Crippen molar-refractivity contribution in [1.29, 1.82) is 0 Å². The normalized spacial score (nSPS) is 9.50. The molecule has 2 amide bonds. The van der Waals surface area contributed by atoms with Crippen LogP contribution in [0.15, 0.2) is 18.3 Å². The Morgan fingerprint density at radius 2 is 2.29 bits per heavy atom. The first kappa shape index (κ1) is 10.2. The number of hydrogen-bond acceptors (Lipinski definition) is 3. The summed E-state index contributed by atoms with van der Waals surface area (Å²) >= 11 is 0. The second-order valence-corrected chi connectivity index (χ2v) is 2.65. The molecule has 0 bridgehead atoms. The van der Waals surface area contributed by atoms with Crippen molar-refractivity contribution in [2.45, 2.75) is 6.92 Å². The van der Waals surface area contributed by atoms with Gasteiger partial charge in [-0.15, -0.1) is 0 Å². The second kappa shape index (κ2) is 4.36. The number of nitrogens with one attached hydrogen (secondary N) is 1. The minimum Gasteiger partial charge on any atom is -0.366 e. The molecule has 0 saturated carbocycles. The fourth-order valence-electron chi connectivity index (χ4n) is 0.959. The van der Waals surface area contributed by atoms with Crippen LogP contribution in [0.2, 0.25) is 0 Å². The van der Waals surface area contributed by atoms with Gasteiger partial charge in [0.25, 0.3) is 5.91 Å². The van der Waals surface area contributed by atoms with Crippen LogP contribution in [0.4, 0.5) is 0 Å². The molecule has 1 aromatic heterocycles. The zero-order valence-electron chi connectivity index (χ0n) is 7.78. The first-order valence-corrected chi connectivity index (χ1v) is 4.19. The van der Waals surface area contributed by atoms with Gasteiger partial charge in [0.1, 0.15) is 5.69 Å². The van der Waals surface area contributed by atoms with E-state index in [0.717, 1.165) is 0 Å². The van der Waals surface area contributed by atoms with E-state index >= 15 is 0 Å². The zero-order valence-corrected chi connectivity index (χ0v) is 7.78. The average molecular weight is 193 g/mol. The van der Waals surface area contributed by atoms with Crippen molar-refractivity contribution in [1.82, 2.24) is 10.3 Å². The van der Waals surface area contributed by atoms with Crippen LogP contribution in [0.5, 0.6) is 0 Å². The van der Waals surface area contributed by atoms with Gasteiger partial charge in [0.2, 0.25) is 5.91 Å². The predicted octanol–water partition coefficient (Wildman–Crippen LogP) is -0.0698. The molecular weight excluding hydrogens is 182 g/mol. The molecule has 0 aliphatic rings. The number of aromatic nitrogens is 1. The van der Waals surface area contributed by atoms with Crippen molar-refractivity contribution < 1.29 is 9.59 Å². The molecule has 0 atom stereocenters. The zero-order chi connectivity index (χ0) is 10.6. The first-order chi connectivity index (χ1) is 6.65. The maximum Gasteiger partial charge on any atom is 0.269 e. The van der Waals surface area contributed by atoms with E-state index in [9.17, 15) is 9.59 Å². The Morgan fingerprint density at radius 3 is 2.86 bits per heavy atom. The minimum absolute atomic E-state index is 0.197. The summed E-state index contributed by atoms with van der Waals surface area (Å²) in [6, 6.07) is 2.83. The summed E-state index contributed by atoms with van der Waals surface area (Å²) in [5.74, 6) is -0.881. The third-order valence-corrected chi connectivity index (χ3v) is 1.61. The van der Waals surface area contributed by atoms with Crippen molar-refractivity contribution in [3.63, 3.8) is 0 Å². The molecule has 5 nitrogen and oxygen atoms in total. The van der Waals surface area contributed by atoms with Crippen molar-refractivity contribution >= 4 is 11.8 Å². The van der Waals surface area contributed by atoms with Crippen molar-refractivity contribution in [2.24, 2.45) is 5.73 Å². The van der Waals surface area contributed by atoms with Gasteiger partial charge in [-0.05, 0) is 19.1 Å². The summed E-state index contributed by atoms with van der Waals surface area (Å²) in [6.07, 6.45) is 1.38. The molecule has 14 heavy (non-hydrogen) atoms. The van der Waals surface area contributed by atoms with Gasteiger partial charge in [0.05, 0.1) is 0 Å². The van der Waals surface area contributed by atoms with E-state index in [1.165, 1.54) is 18.3 Å². The van der Waals surface area contributed by atoms with Crippen LogP contribution in [-0.2, 0) is 0 Å². The fourth-order valence-corrected chi connectivity index (χ4v) is 0.959. The van der Waals surface area contributed by atoms with E-state index in [1.807, 2.05) is 0 Å². The van der Waals surface area contributed by atoms with Gasteiger partial charge < -0.3 is 11.1 Å². The Kier molecular flexibility index (Phi) is 3.17. The predicted molar refractivity (Wildman–Crippen MR) is 50.8 cm³/mol. The molecule has 1 rings (SSSR count). The topological polar surface area (TPSA) is 85.1 Å². The molecular formula is C9H11N3O2. The molecule has 0 aliphatic carbocycles. The smallest absolute Gasteiger partial charge is 0.269 e. The van der Waals surface area contributed by atoms with Crippen LogP contribution in [0.3, 0.4) is 0 Å². The Balaban J connectivity index is 2.93. The van der Waals surface area contributed by atoms with E-state index in [-0.39, 0.29) is 17.2 Å². The molecule has 0 fully saturated rings. The lowest BCUT2D eigenvalue weighted by molar-refractivity contribution is 0.0951. The number of carbonyl (C=O) groups excluding carboxylic acids is 2. The molecule has 3 N–H and O–H groups in total. The summed E-state index contributed by atoms with van der Waals surface area (Å²) < 4.78 is 0. The molecule has 74 valence electrons. The fraction of sp³-hybridized carbons (Fsp3) is 0.222. The average Bonchev–Trinajstić information content (AvgIpc) is 2.18. The summed E-state index contributed by atoms with van der Waals surface area (Å²) in [5, 5.41) is 2.57. The van der Waals surface area contributed by atoms with Gasteiger partial charge in [0, 0.05) is 18.3 Å². The monoisotopic (exact) mass is 193 g/mol. The van der Waals surface area contributed by atoms with Crippen LogP contribution in [0.25, 0.3) is 0 Å². The largest absolute Gasteiger partial charge is 0.366 e. The van der Waals surface area contributed by atoms with Crippen molar-refractivity contribution in [3.8, 4) is 0 Å². The Hall–Kier alpha value is -1.91. The summed E-state index contributed by atoms with van der Waals surface area (Å²) in [7, 11) is 0. The molecule has 0 spiro atoms. The Bertz CT molecular complexity index is 363. The van der Waals surface area contributed by atoms with Crippen LogP contribution in [0, 0.1) is 0 Å². The standard InChI is InChI=1S/C9H11N3O2/c1-2-11-9(14)7-5-6(8(10)13)3-4-12-7/h3-5H,2H2,1H3,(H2,10,13)(H,11,14). The Morgan fingerprint density at radius 1 is 1.57 bits per heavy atom. The molecule has 0 aliphatic heterocycles. The number of nitrogens with two attached hydrogens (primary N) is 1. The highest BCUT2D eigenvalue weighted by Gasteiger charge is 2.08. The quantitative estimate of drug-likeness (QED) is 0.704. The first-order valence-electron chi connectivity index (χ1n) is 4.19. The van der Waals surface area contributed by atoms with Gasteiger partial charge in [-0.2, -0.15) is 0 Å².